The van der Waals surface area contributed by atoms with Crippen LogP contribution in [0.1, 0.15) is 33.7 Å². The Morgan fingerprint density at radius 3 is 2.59 bits per heavy atom. The molecule has 1 atom stereocenters. The lowest BCUT2D eigenvalue weighted by Crippen LogP contribution is -2.25. The van der Waals surface area contributed by atoms with Gasteiger partial charge < -0.3 is 19.7 Å². The van der Waals surface area contributed by atoms with Crippen LogP contribution < -0.4 is 19.7 Å². The number of hydrogen-bond acceptors (Lipinski definition) is 5. The number of halogens is 4. The zero-order valence-electron chi connectivity index (χ0n) is 21.3. The van der Waals surface area contributed by atoms with Gasteiger partial charge in [-0.2, -0.15) is 0 Å². The van der Waals surface area contributed by atoms with E-state index in [1.165, 1.54) is 24.3 Å². The molecule has 0 aliphatic carbocycles. The number of nitrogens with zero attached hydrogens (tertiary/aromatic N) is 3. The Hall–Kier alpha value is -4.28. The number of anilines is 1. The normalized spacial score (nSPS) is 15.5. The van der Waals surface area contributed by atoms with Crippen LogP contribution in [-0.2, 0) is 6.54 Å². The molecule has 1 saturated heterocycles. The van der Waals surface area contributed by atoms with Gasteiger partial charge in [0.25, 0.3) is 5.91 Å². The number of aromatic nitrogens is 2. The van der Waals surface area contributed by atoms with Crippen LogP contribution in [0.25, 0.3) is 5.65 Å². The first-order valence-electron chi connectivity index (χ1n) is 12.3. The van der Waals surface area contributed by atoms with Crippen LogP contribution in [0.5, 0.6) is 11.5 Å². The van der Waals surface area contributed by atoms with Gasteiger partial charge in [-0.25, -0.2) is 9.37 Å². The lowest BCUT2D eigenvalue weighted by Gasteiger charge is -2.20. The number of rotatable bonds is 7. The highest BCUT2D eigenvalue weighted by Gasteiger charge is 2.31. The van der Waals surface area contributed by atoms with E-state index >= 15 is 0 Å². The first-order chi connectivity index (χ1) is 18.6. The van der Waals surface area contributed by atoms with Crippen molar-refractivity contribution in [3.63, 3.8) is 0 Å². The van der Waals surface area contributed by atoms with E-state index in [-0.39, 0.29) is 30.1 Å². The summed E-state index contributed by atoms with van der Waals surface area (Å²) in [5.74, 6) is -1.05. The zero-order valence-corrected chi connectivity index (χ0v) is 21.3. The Labute approximate surface area is 222 Å². The van der Waals surface area contributed by atoms with Crippen LogP contribution in [0.3, 0.4) is 0 Å². The molecule has 1 amide bonds. The number of nitrogens with one attached hydrogen (secondary N) is 1. The van der Waals surface area contributed by atoms with Crippen molar-refractivity contribution < 1.29 is 31.8 Å². The number of benzene rings is 2. The van der Waals surface area contributed by atoms with Crippen molar-refractivity contribution in [2.45, 2.75) is 39.3 Å². The SMILES string of the molecule is Cc1ccn2c(C(=O)NCc3ccc(O[C@H]4CCN(c5ccc(OC(F)(F)F)cc5)C4)c(F)c3)c(C)nc2c1. The van der Waals surface area contributed by atoms with Crippen molar-refractivity contribution in [3.05, 3.63) is 89.1 Å². The molecule has 1 aliphatic rings. The third kappa shape index (κ3) is 6.08. The summed E-state index contributed by atoms with van der Waals surface area (Å²) < 4.78 is 63.5. The third-order valence-electron chi connectivity index (χ3n) is 6.49. The summed E-state index contributed by atoms with van der Waals surface area (Å²) in [4.78, 5) is 19.2. The van der Waals surface area contributed by atoms with Crippen LogP contribution in [0, 0.1) is 19.7 Å². The number of fused-ring (bicyclic) bond motifs is 1. The lowest BCUT2D eigenvalue weighted by molar-refractivity contribution is -0.274. The first-order valence-corrected chi connectivity index (χ1v) is 12.3. The lowest BCUT2D eigenvalue weighted by atomic mass is 10.2. The number of imidazole rings is 1. The number of carbonyl (C=O) groups excluding carboxylic acids is 1. The minimum atomic E-state index is -4.74. The van der Waals surface area contributed by atoms with E-state index in [0.29, 0.717) is 42.1 Å². The van der Waals surface area contributed by atoms with Crippen molar-refractivity contribution >= 4 is 17.2 Å². The van der Waals surface area contributed by atoms with Gasteiger partial charge in [0.2, 0.25) is 0 Å². The molecule has 1 fully saturated rings. The molecule has 39 heavy (non-hydrogen) atoms. The van der Waals surface area contributed by atoms with Gasteiger partial charge >= 0.3 is 6.36 Å². The summed E-state index contributed by atoms with van der Waals surface area (Å²) in [6.45, 7) is 4.91. The second-order valence-electron chi connectivity index (χ2n) is 9.44. The molecule has 3 heterocycles. The summed E-state index contributed by atoms with van der Waals surface area (Å²) in [5, 5.41) is 2.82. The molecule has 1 aliphatic heterocycles. The summed E-state index contributed by atoms with van der Waals surface area (Å²) in [7, 11) is 0. The molecule has 2 aromatic carbocycles. The highest BCUT2D eigenvalue weighted by Crippen LogP contribution is 2.29. The number of hydrogen-bond donors (Lipinski definition) is 1. The second kappa shape index (κ2) is 10.5. The summed E-state index contributed by atoms with van der Waals surface area (Å²) >= 11 is 0. The highest BCUT2D eigenvalue weighted by atomic mass is 19.4. The van der Waals surface area contributed by atoms with Gasteiger partial charge in [-0.1, -0.05) is 6.07 Å². The fourth-order valence-corrected chi connectivity index (χ4v) is 4.65. The molecule has 0 saturated carbocycles. The van der Waals surface area contributed by atoms with Crippen LogP contribution in [0.2, 0.25) is 0 Å². The van der Waals surface area contributed by atoms with Gasteiger partial charge in [-0.15, -0.1) is 13.2 Å². The Kier molecular flexibility index (Phi) is 7.07. The first kappa shape index (κ1) is 26.3. The smallest absolute Gasteiger partial charge is 0.485 e. The quantitative estimate of drug-likeness (QED) is 0.309. The van der Waals surface area contributed by atoms with Gasteiger partial charge in [0.05, 0.1) is 12.2 Å². The van der Waals surface area contributed by atoms with E-state index < -0.39 is 12.2 Å². The number of aryl methyl sites for hydroxylation is 2. The van der Waals surface area contributed by atoms with Gasteiger partial charge in [0, 0.05) is 31.4 Å². The van der Waals surface area contributed by atoms with E-state index in [1.54, 1.807) is 35.7 Å². The average molecular weight is 543 g/mol. The Morgan fingerprint density at radius 2 is 1.87 bits per heavy atom. The van der Waals surface area contributed by atoms with Gasteiger partial charge in [-0.3, -0.25) is 9.20 Å². The number of ether oxygens (including phenoxy) is 2. The standard InChI is InChI=1S/C28H26F4N4O3/c1-17-9-12-36-25(13-17)34-18(2)26(36)27(37)33-15-19-3-8-24(23(29)14-19)38-22-10-11-35(16-22)20-4-6-21(7-5-20)39-28(30,31)32/h3-9,12-14,22H,10-11,15-16H2,1-2H3,(H,33,37)/t22-/m0/s1. The van der Waals surface area contributed by atoms with E-state index in [4.69, 9.17) is 4.74 Å². The van der Waals surface area contributed by atoms with Gasteiger partial charge in [-0.05, 0) is 73.5 Å². The molecule has 0 bridgehead atoms. The van der Waals surface area contributed by atoms with E-state index in [9.17, 15) is 22.4 Å². The van der Waals surface area contributed by atoms with Crippen molar-refractivity contribution in [1.29, 1.82) is 0 Å². The summed E-state index contributed by atoms with van der Waals surface area (Å²) in [6, 6.07) is 13.9. The van der Waals surface area contributed by atoms with Gasteiger partial charge in [0.1, 0.15) is 23.2 Å². The fourth-order valence-electron chi connectivity index (χ4n) is 4.65. The molecular weight excluding hydrogens is 516 g/mol. The monoisotopic (exact) mass is 542 g/mol. The van der Waals surface area contributed by atoms with Crippen LogP contribution in [0.4, 0.5) is 23.2 Å². The Balaban J connectivity index is 1.17. The molecule has 0 spiro atoms. The van der Waals surface area contributed by atoms with Crippen molar-refractivity contribution in [3.8, 4) is 11.5 Å². The molecule has 0 radical (unpaired) electrons. The zero-order chi connectivity index (χ0) is 27.7. The molecule has 4 aromatic rings. The molecule has 204 valence electrons. The third-order valence-corrected chi connectivity index (χ3v) is 6.49. The van der Waals surface area contributed by atoms with Crippen LogP contribution in [0.15, 0.2) is 60.8 Å². The molecule has 7 nitrogen and oxygen atoms in total. The maximum atomic E-state index is 14.8. The van der Waals surface area contributed by atoms with Crippen molar-refractivity contribution in [2.24, 2.45) is 0 Å². The summed E-state index contributed by atoms with van der Waals surface area (Å²) in [6.07, 6.45) is -2.62. The predicted molar refractivity (Wildman–Crippen MR) is 137 cm³/mol. The average Bonchev–Trinajstić information content (AvgIpc) is 3.46. The predicted octanol–water partition coefficient (Wildman–Crippen LogP) is 5.58. The van der Waals surface area contributed by atoms with Crippen molar-refractivity contribution in [1.82, 2.24) is 14.7 Å². The summed E-state index contributed by atoms with van der Waals surface area (Å²) in [5.41, 5.74) is 4.05. The molecule has 1 N–H and O–H groups in total. The van der Waals surface area contributed by atoms with Crippen molar-refractivity contribution in [2.75, 3.05) is 18.0 Å². The molecule has 5 rings (SSSR count). The molecule has 2 aromatic heterocycles. The molecule has 11 heteroatoms. The Bertz CT molecular complexity index is 1500. The number of pyridine rings is 1. The van der Waals surface area contributed by atoms with E-state index in [2.05, 4.69) is 15.0 Å². The van der Waals surface area contributed by atoms with Gasteiger partial charge in [0.15, 0.2) is 11.6 Å². The van der Waals surface area contributed by atoms with Crippen LogP contribution >= 0.6 is 0 Å². The maximum Gasteiger partial charge on any atom is 0.573 e. The minimum Gasteiger partial charge on any atom is -0.485 e. The number of carbonyl (C=O) groups is 1. The highest BCUT2D eigenvalue weighted by molar-refractivity contribution is 5.94. The number of amides is 1. The van der Waals surface area contributed by atoms with Crippen LogP contribution in [-0.4, -0.2) is 40.8 Å². The van der Waals surface area contributed by atoms with E-state index in [0.717, 1.165) is 11.3 Å². The largest absolute Gasteiger partial charge is 0.573 e. The topological polar surface area (TPSA) is 68.1 Å². The molecular formula is C28H26F4N4O3. The fraction of sp³-hybridized carbons (Fsp3) is 0.286. The van der Waals surface area contributed by atoms with E-state index in [1.807, 2.05) is 24.0 Å². The minimum absolute atomic E-state index is 0.0962. The molecule has 0 unspecified atom stereocenters. The number of alkyl halides is 3. The Morgan fingerprint density at radius 1 is 1.10 bits per heavy atom. The maximum absolute atomic E-state index is 14.8. The second-order valence-corrected chi connectivity index (χ2v) is 9.44.